The van der Waals surface area contributed by atoms with Gasteiger partial charge in [-0.05, 0) is 86.8 Å². The zero-order valence-corrected chi connectivity index (χ0v) is 18.5. The molecule has 0 unspecified atom stereocenters. The second-order valence-electron chi connectivity index (χ2n) is 7.78. The maximum atomic E-state index is 5.73. The minimum absolute atomic E-state index is 0.606. The predicted molar refractivity (Wildman–Crippen MR) is 121 cm³/mol. The quantitative estimate of drug-likeness (QED) is 0.403. The molecule has 0 spiro atoms. The average molecular weight is 413 g/mol. The van der Waals surface area contributed by atoms with Crippen LogP contribution in [0.1, 0.15) is 62.5 Å². The molecule has 3 rings (SSSR count). The van der Waals surface area contributed by atoms with Crippen molar-refractivity contribution in [2.24, 2.45) is 0 Å². The van der Waals surface area contributed by atoms with Crippen molar-refractivity contribution >= 4 is 0 Å². The van der Waals surface area contributed by atoms with Crippen LogP contribution in [0.5, 0.6) is 11.5 Å². The third-order valence-corrected chi connectivity index (χ3v) is 5.83. The van der Waals surface area contributed by atoms with Crippen molar-refractivity contribution in [1.82, 2.24) is 0 Å². The van der Waals surface area contributed by atoms with Gasteiger partial charge >= 0.3 is 0 Å². The summed E-state index contributed by atoms with van der Waals surface area (Å²) in [7, 11) is 0. The van der Waals surface area contributed by atoms with Gasteiger partial charge in [0.25, 0.3) is 0 Å². The van der Waals surface area contributed by atoms with Gasteiger partial charge in [-0.3, -0.25) is 0 Å². The van der Waals surface area contributed by atoms with Crippen LogP contribution >= 0.6 is 0 Å². The predicted octanol–water partition coefficient (Wildman–Crippen LogP) is 5.96. The summed E-state index contributed by atoms with van der Waals surface area (Å²) in [4.78, 5) is 0. The van der Waals surface area contributed by atoms with Crippen molar-refractivity contribution in [3.05, 3.63) is 59.7 Å². The van der Waals surface area contributed by atoms with E-state index in [0.717, 1.165) is 24.7 Å². The number of rotatable bonds is 12. The zero-order chi connectivity index (χ0) is 21.0. The van der Waals surface area contributed by atoms with Crippen LogP contribution in [-0.4, -0.2) is 39.6 Å². The summed E-state index contributed by atoms with van der Waals surface area (Å²) < 4.78 is 22.1. The highest BCUT2D eigenvalue weighted by atomic mass is 16.5. The van der Waals surface area contributed by atoms with Gasteiger partial charge in [-0.1, -0.05) is 24.3 Å². The Kier molecular flexibility index (Phi) is 9.52. The molecule has 0 N–H and O–H groups in total. The van der Waals surface area contributed by atoms with Gasteiger partial charge in [0, 0.05) is 13.2 Å². The number of benzene rings is 2. The minimum atomic E-state index is 0.606. The Balaban J connectivity index is 1.43. The van der Waals surface area contributed by atoms with Gasteiger partial charge in [-0.25, -0.2) is 0 Å². The highest BCUT2D eigenvalue weighted by molar-refractivity contribution is 5.32. The van der Waals surface area contributed by atoms with Gasteiger partial charge in [0.2, 0.25) is 0 Å². The molecule has 4 nitrogen and oxygen atoms in total. The molecule has 0 bridgehead atoms. The summed E-state index contributed by atoms with van der Waals surface area (Å²) in [6.07, 6.45) is 4.95. The van der Waals surface area contributed by atoms with Crippen molar-refractivity contribution in [3.63, 3.8) is 0 Å². The average Bonchev–Trinajstić information content (AvgIpc) is 2.81. The molecule has 164 valence electrons. The topological polar surface area (TPSA) is 36.9 Å². The maximum Gasteiger partial charge on any atom is 0.119 e. The van der Waals surface area contributed by atoms with Crippen molar-refractivity contribution in [2.45, 2.75) is 51.4 Å². The van der Waals surface area contributed by atoms with Crippen LogP contribution in [0, 0.1) is 0 Å². The summed E-state index contributed by atoms with van der Waals surface area (Å²) in [6.45, 7) is 7.96. The minimum Gasteiger partial charge on any atom is -0.491 e. The molecule has 0 radical (unpaired) electrons. The lowest BCUT2D eigenvalue weighted by Crippen LogP contribution is -2.12. The van der Waals surface area contributed by atoms with Crippen LogP contribution in [0.15, 0.2) is 48.5 Å². The highest BCUT2D eigenvalue weighted by Gasteiger charge is 2.23. The van der Waals surface area contributed by atoms with Crippen molar-refractivity contribution in [1.29, 1.82) is 0 Å². The Hall–Kier alpha value is -2.04. The Labute approximate surface area is 181 Å². The first kappa shape index (κ1) is 22.6. The highest BCUT2D eigenvalue weighted by Crippen LogP contribution is 2.41. The normalized spacial score (nSPS) is 18.9. The van der Waals surface area contributed by atoms with E-state index in [1.165, 1.54) is 36.8 Å². The van der Waals surface area contributed by atoms with Crippen molar-refractivity contribution < 1.29 is 18.9 Å². The molecular weight excluding hydrogens is 376 g/mol. The maximum absolute atomic E-state index is 5.73. The first-order valence-corrected chi connectivity index (χ1v) is 11.4. The molecular formula is C26H36O4. The Morgan fingerprint density at radius 2 is 0.933 bits per heavy atom. The second-order valence-corrected chi connectivity index (χ2v) is 7.78. The summed E-state index contributed by atoms with van der Waals surface area (Å²) in [5.74, 6) is 3.16. The molecule has 0 aliphatic heterocycles. The number of hydrogen-bond acceptors (Lipinski definition) is 4. The zero-order valence-electron chi connectivity index (χ0n) is 18.5. The van der Waals surface area contributed by atoms with Crippen LogP contribution < -0.4 is 9.47 Å². The van der Waals surface area contributed by atoms with Gasteiger partial charge in [0.05, 0.1) is 13.2 Å². The molecule has 1 aliphatic rings. The second kappa shape index (κ2) is 12.6. The summed E-state index contributed by atoms with van der Waals surface area (Å²) in [5.41, 5.74) is 2.87. The van der Waals surface area contributed by atoms with Crippen LogP contribution in [0.3, 0.4) is 0 Å². The summed E-state index contributed by atoms with van der Waals surface area (Å²) >= 11 is 0. The van der Waals surface area contributed by atoms with E-state index in [2.05, 4.69) is 48.5 Å². The van der Waals surface area contributed by atoms with Gasteiger partial charge in [0.1, 0.15) is 24.7 Å². The summed E-state index contributed by atoms with van der Waals surface area (Å²) in [5, 5.41) is 0. The fourth-order valence-corrected chi connectivity index (χ4v) is 4.16. The van der Waals surface area contributed by atoms with Crippen molar-refractivity contribution in [3.8, 4) is 11.5 Å². The van der Waals surface area contributed by atoms with Crippen LogP contribution in [0.25, 0.3) is 0 Å². The van der Waals surface area contributed by atoms with Gasteiger partial charge in [-0.2, -0.15) is 0 Å². The molecule has 1 aliphatic carbocycles. The fourth-order valence-electron chi connectivity index (χ4n) is 4.16. The lowest BCUT2D eigenvalue weighted by Gasteiger charge is -2.29. The smallest absolute Gasteiger partial charge is 0.119 e. The molecule has 1 fully saturated rings. The Morgan fingerprint density at radius 3 is 1.27 bits per heavy atom. The van der Waals surface area contributed by atoms with E-state index in [1.807, 2.05) is 13.8 Å². The van der Waals surface area contributed by atoms with E-state index in [-0.39, 0.29) is 0 Å². The monoisotopic (exact) mass is 412 g/mol. The van der Waals surface area contributed by atoms with E-state index < -0.39 is 0 Å². The third kappa shape index (κ3) is 7.03. The standard InChI is InChI=1S/C26H36O4/c1-3-27-17-19-29-25-13-9-23(10-14-25)21-5-7-22(8-6-21)24-11-15-26(16-12-24)30-20-18-28-4-2/h9-16,21-22H,3-8,17-20H2,1-2H3. The van der Waals surface area contributed by atoms with E-state index in [4.69, 9.17) is 18.9 Å². The molecule has 0 saturated heterocycles. The lowest BCUT2D eigenvalue weighted by atomic mass is 9.76. The molecule has 0 heterocycles. The number of hydrogen-bond donors (Lipinski definition) is 0. The lowest BCUT2D eigenvalue weighted by molar-refractivity contribution is 0.110. The summed E-state index contributed by atoms with van der Waals surface area (Å²) in [6, 6.07) is 17.3. The first-order chi connectivity index (χ1) is 14.8. The van der Waals surface area contributed by atoms with Gasteiger partial charge in [0.15, 0.2) is 0 Å². The van der Waals surface area contributed by atoms with E-state index in [0.29, 0.717) is 38.3 Å². The largest absolute Gasteiger partial charge is 0.491 e. The van der Waals surface area contributed by atoms with E-state index in [9.17, 15) is 0 Å². The molecule has 1 saturated carbocycles. The Bertz CT molecular complexity index is 639. The molecule has 4 heteroatoms. The van der Waals surface area contributed by atoms with Crippen LogP contribution in [0.4, 0.5) is 0 Å². The van der Waals surface area contributed by atoms with Crippen LogP contribution in [0.2, 0.25) is 0 Å². The Morgan fingerprint density at radius 1 is 0.567 bits per heavy atom. The molecule has 0 amide bonds. The fraction of sp³-hybridized carbons (Fsp3) is 0.538. The van der Waals surface area contributed by atoms with Gasteiger partial charge in [-0.15, -0.1) is 0 Å². The molecule has 0 atom stereocenters. The SMILES string of the molecule is CCOCCOc1ccc(C2CCC(c3ccc(OCCOCC)cc3)CC2)cc1. The van der Waals surface area contributed by atoms with E-state index >= 15 is 0 Å². The third-order valence-electron chi connectivity index (χ3n) is 5.83. The van der Waals surface area contributed by atoms with Crippen molar-refractivity contribution in [2.75, 3.05) is 39.6 Å². The van der Waals surface area contributed by atoms with Gasteiger partial charge < -0.3 is 18.9 Å². The number of ether oxygens (including phenoxy) is 4. The molecule has 2 aromatic carbocycles. The molecule has 0 aromatic heterocycles. The molecule has 2 aromatic rings. The first-order valence-electron chi connectivity index (χ1n) is 11.4. The molecule has 30 heavy (non-hydrogen) atoms. The van der Waals surface area contributed by atoms with Crippen LogP contribution in [-0.2, 0) is 9.47 Å². The van der Waals surface area contributed by atoms with E-state index in [1.54, 1.807) is 0 Å².